The maximum Gasteiger partial charge on any atom is 0.315 e. The number of fused-ring (bicyclic) bond motifs is 2. The number of ether oxygens (including phenoxy) is 3. The van der Waals surface area contributed by atoms with Gasteiger partial charge in [0.05, 0.1) is 5.92 Å². The fourth-order valence-corrected chi connectivity index (χ4v) is 3.66. The third-order valence-corrected chi connectivity index (χ3v) is 4.78. The Hall–Kier alpha value is -2.53. The summed E-state index contributed by atoms with van der Waals surface area (Å²) in [6, 6.07) is 14.3. The van der Waals surface area contributed by atoms with Crippen molar-refractivity contribution in [3.05, 3.63) is 59.2 Å². The van der Waals surface area contributed by atoms with Gasteiger partial charge >= 0.3 is 5.97 Å². The fraction of sp³-hybridized carbons (Fsp3) is 0.409. The van der Waals surface area contributed by atoms with E-state index in [9.17, 15) is 4.79 Å². The van der Waals surface area contributed by atoms with Crippen LogP contribution in [0, 0.1) is 0 Å². The molecule has 4 rings (SSSR count). The molecule has 0 fully saturated rings. The van der Waals surface area contributed by atoms with Gasteiger partial charge in [0.1, 0.15) is 5.60 Å². The van der Waals surface area contributed by atoms with E-state index in [0.29, 0.717) is 12.3 Å². The monoisotopic (exact) mass is 367 g/mol. The van der Waals surface area contributed by atoms with E-state index in [-0.39, 0.29) is 18.7 Å². The van der Waals surface area contributed by atoms with Crippen molar-refractivity contribution in [2.24, 2.45) is 0 Å². The van der Waals surface area contributed by atoms with Gasteiger partial charge in [0.2, 0.25) is 6.79 Å². The quantitative estimate of drug-likeness (QED) is 0.771. The van der Waals surface area contributed by atoms with Crippen LogP contribution in [-0.2, 0) is 22.6 Å². The van der Waals surface area contributed by atoms with Crippen LogP contribution in [0.4, 0.5) is 0 Å². The van der Waals surface area contributed by atoms with Gasteiger partial charge in [-0.25, -0.2) is 0 Å². The van der Waals surface area contributed by atoms with E-state index in [4.69, 9.17) is 14.2 Å². The van der Waals surface area contributed by atoms with Crippen LogP contribution >= 0.6 is 0 Å². The molecule has 2 aromatic carbocycles. The van der Waals surface area contributed by atoms with Crippen molar-refractivity contribution in [1.82, 2.24) is 4.90 Å². The number of hydrogen-bond acceptors (Lipinski definition) is 5. The molecule has 0 saturated carbocycles. The first kappa shape index (κ1) is 17.9. The Balaban J connectivity index is 1.65. The number of hydrogen-bond donors (Lipinski definition) is 0. The first-order chi connectivity index (χ1) is 12.9. The summed E-state index contributed by atoms with van der Waals surface area (Å²) >= 11 is 0. The van der Waals surface area contributed by atoms with Crippen molar-refractivity contribution < 1.29 is 19.0 Å². The summed E-state index contributed by atoms with van der Waals surface area (Å²) in [5.41, 5.74) is 2.79. The Morgan fingerprint density at radius 3 is 2.56 bits per heavy atom. The van der Waals surface area contributed by atoms with Crippen LogP contribution in [0.1, 0.15) is 43.4 Å². The predicted molar refractivity (Wildman–Crippen MR) is 102 cm³/mol. The zero-order chi connectivity index (χ0) is 19.0. The van der Waals surface area contributed by atoms with Gasteiger partial charge in [-0.15, -0.1) is 0 Å². The molecule has 2 aliphatic rings. The SMILES string of the molecule is CC(C)(C)OC(=O)C1CN(Cc2ccccc2)Cc2cc3c(cc21)OCO3. The highest BCUT2D eigenvalue weighted by molar-refractivity contribution is 5.80. The highest BCUT2D eigenvalue weighted by Gasteiger charge is 2.35. The number of carbonyl (C=O) groups excluding carboxylic acids is 1. The Labute approximate surface area is 159 Å². The Kier molecular flexibility index (Phi) is 4.56. The van der Waals surface area contributed by atoms with Crippen molar-refractivity contribution in [2.75, 3.05) is 13.3 Å². The first-order valence-corrected chi connectivity index (χ1v) is 9.30. The van der Waals surface area contributed by atoms with Crippen molar-refractivity contribution in [2.45, 2.75) is 45.4 Å². The lowest BCUT2D eigenvalue weighted by Crippen LogP contribution is -2.39. The zero-order valence-corrected chi connectivity index (χ0v) is 16.0. The molecule has 142 valence electrons. The average molecular weight is 367 g/mol. The van der Waals surface area contributed by atoms with E-state index in [0.717, 1.165) is 30.0 Å². The minimum absolute atomic E-state index is 0.194. The third-order valence-electron chi connectivity index (χ3n) is 4.78. The standard InChI is InChI=1S/C22H25NO4/c1-22(2,3)27-21(24)18-13-23(11-15-7-5-4-6-8-15)12-16-9-19-20(10-17(16)18)26-14-25-19/h4-10,18H,11-14H2,1-3H3. The lowest BCUT2D eigenvalue weighted by molar-refractivity contribution is -0.157. The minimum atomic E-state index is -0.519. The smallest absolute Gasteiger partial charge is 0.315 e. The number of benzene rings is 2. The number of esters is 1. The summed E-state index contributed by atoms with van der Waals surface area (Å²) in [6.45, 7) is 8.09. The molecule has 27 heavy (non-hydrogen) atoms. The van der Waals surface area contributed by atoms with E-state index < -0.39 is 5.60 Å². The molecular weight excluding hydrogens is 342 g/mol. The molecule has 0 N–H and O–H groups in total. The first-order valence-electron chi connectivity index (χ1n) is 9.30. The molecule has 0 amide bonds. The van der Waals surface area contributed by atoms with E-state index in [1.807, 2.05) is 51.1 Å². The van der Waals surface area contributed by atoms with Crippen LogP contribution in [0.15, 0.2) is 42.5 Å². The number of carbonyl (C=O) groups is 1. The predicted octanol–water partition coefficient (Wildman–Crippen LogP) is 3.86. The summed E-state index contributed by atoms with van der Waals surface area (Å²) in [5, 5.41) is 0. The van der Waals surface area contributed by atoms with Gasteiger partial charge in [-0.1, -0.05) is 30.3 Å². The van der Waals surface area contributed by atoms with E-state index >= 15 is 0 Å². The minimum Gasteiger partial charge on any atom is -0.459 e. The zero-order valence-electron chi connectivity index (χ0n) is 16.0. The largest absolute Gasteiger partial charge is 0.459 e. The highest BCUT2D eigenvalue weighted by Crippen LogP contribution is 2.41. The van der Waals surface area contributed by atoms with Crippen LogP contribution in [0.2, 0.25) is 0 Å². The van der Waals surface area contributed by atoms with Crippen LogP contribution < -0.4 is 9.47 Å². The Morgan fingerprint density at radius 2 is 1.85 bits per heavy atom. The average Bonchev–Trinajstić information content (AvgIpc) is 3.06. The molecule has 0 bridgehead atoms. The molecule has 0 saturated heterocycles. The molecule has 0 radical (unpaired) electrons. The molecule has 2 aliphatic heterocycles. The lowest BCUT2D eigenvalue weighted by Gasteiger charge is -2.35. The second kappa shape index (κ2) is 6.89. The second-order valence-corrected chi connectivity index (χ2v) is 8.15. The normalized spacial score (nSPS) is 18.9. The second-order valence-electron chi connectivity index (χ2n) is 8.15. The molecule has 1 atom stereocenters. The van der Waals surface area contributed by atoms with E-state index in [2.05, 4.69) is 17.0 Å². The highest BCUT2D eigenvalue weighted by atomic mass is 16.7. The van der Waals surface area contributed by atoms with Gasteiger partial charge in [0, 0.05) is 19.6 Å². The number of nitrogens with zero attached hydrogens (tertiary/aromatic N) is 1. The molecule has 0 aromatic heterocycles. The van der Waals surface area contributed by atoms with Crippen LogP contribution in [0.5, 0.6) is 11.5 Å². The fourth-order valence-electron chi connectivity index (χ4n) is 3.66. The van der Waals surface area contributed by atoms with Gasteiger partial charge in [0.15, 0.2) is 11.5 Å². The van der Waals surface area contributed by atoms with Crippen molar-refractivity contribution >= 4 is 5.97 Å². The van der Waals surface area contributed by atoms with E-state index in [1.165, 1.54) is 5.56 Å². The molecular formula is C22H25NO4. The van der Waals surface area contributed by atoms with E-state index in [1.54, 1.807) is 0 Å². The summed E-state index contributed by atoms with van der Waals surface area (Å²) in [4.78, 5) is 15.2. The molecule has 2 aromatic rings. The molecule has 1 unspecified atom stereocenters. The maximum absolute atomic E-state index is 13.0. The Bertz CT molecular complexity index is 841. The molecule has 5 nitrogen and oxygen atoms in total. The number of rotatable bonds is 3. The van der Waals surface area contributed by atoms with Gasteiger partial charge in [-0.3, -0.25) is 9.69 Å². The van der Waals surface area contributed by atoms with Gasteiger partial charge in [-0.2, -0.15) is 0 Å². The summed E-state index contributed by atoms with van der Waals surface area (Å²) < 4.78 is 16.8. The van der Waals surface area contributed by atoms with Gasteiger partial charge in [-0.05, 0) is 49.6 Å². The van der Waals surface area contributed by atoms with Crippen LogP contribution in [-0.4, -0.2) is 29.8 Å². The van der Waals surface area contributed by atoms with Gasteiger partial charge < -0.3 is 14.2 Å². The van der Waals surface area contributed by atoms with Gasteiger partial charge in [0.25, 0.3) is 0 Å². The molecule has 2 heterocycles. The Morgan fingerprint density at radius 1 is 1.15 bits per heavy atom. The molecule has 5 heteroatoms. The van der Waals surface area contributed by atoms with Crippen LogP contribution in [0.25, 0.3) is 0 Å². The van der Waals surface area contributed by atoms with Crippen molar-refractivity contribution in [3.63, 3.8) is 0 Å². The third kappa shape index (κ3) is 3.93. The summed E-state index contributed by atoms with van der Waals surface area (Å²) in [5.74, 6) is 0.920. The topological polar surface area (TPSA) is 48.0 Å². The lowest BCUT2D eigenvalue weighted by atomic mass is 9.88. The van der Waals surface area contributed by atoms with Crippen LogP contribution in [0.3, 0.4) is 0 Å². The van der Waals surface area contributed by atoms with Crippen molar-refractivity contribution in [1.29, 1.82) is 0 Å². The molecule has 0 aliphatic carbocycles. The summed E-state index contributed by atoms with van der Waals surface area (Å²) in [6.07, 6.45) is 0. The molecule has 0 spiro atoms. The van der Waals surface area contributed by atoms with Crippen molar-refractivity contribution in [3.8, 4) is 11.5 Å². The maximum atomic E-state index is 13.0. The summed E-state index contributed by atoms with van der Waals surface area (Å²) in [7, 11) is 0.